The summed E-state index contributed by atoms with van der Waals surface area (Å²) < 4.78 is 4.96. The summed E-state index contributed by atoms with van der Waals surface area (Å²) >= 11 is 0. The third-order valence-electron chi connectivity index (χ3n) is 2.87. The summed E-state index contributed by atoms with van der Waals surface area (Å²) in [7, 11) is 0. The zero-order valence-corrected chi connectivity index (χ0v) is 11.0. The van der Waals surface area contributed by atoms with E-state index in [4.69, 9.17) is 4.52 Å². The summed E-state index contributed by atoms with van der Waals surface area (Å²) in [5, 5.41) is 6.65. The molecule has 0 spiro atoms. The summed E-state index contributed by atoms with van der Waals surface area (Å²) in [6, 6.07) is 0. The van der Waals surface area contributed by atoms with E-state index in [2.05, 4.69) is 29.2 Å². The van der Waals surface area contributed by atoms with E-state index < -0.39 is 0 Å². The van der Waals surface area contributed by atoms with Crippen LogP contribution in [0.3, 0.4) is 0 Å². The molecule has 1 aromatic heterocycles. The molecule has 0 atom stereocenters. The van der Waals surface area contributed by atoms with Crippen molar-refractivity contribution in [1.82, 2.24) is 15.4 Å². The van der Waals surface area contributed by atoms with E-state index in [0.717, 1.165) is 19.6 Å². The average molecular weight is 239 g/mol. The standard InChI is InChI=1S/C12H21N3O2/c1-5-15(6-2)8-7-13-12(16)11-9(3)14-17-10(11)4/h5-8H2,1-4H3,(H,13,16). The van der Waals surface area contributed by atoms with Crippen LogP contribution in [0.2, 0.25) is 0 Å². The smallest absolute Gasteiger partial charge is 0.256 e. The highest BCUT2D eigenvalue weighted by molar-refractivity contribution is 5.96. The molecule has 0 aliphatic carbocycles. The van der Waals surface area contributed by atoms with E-state index in [1.807, 2.05) is 0 Å². The summed E-state index contributed by atoms with van der Waals surface area (Å²) in [6.45, 7) is 11.2. The minimum Gasteiger partial charge on any atom is -0.361 e. The molecule has 0 fully saturated rings. The third-order valence-corrected chi connectivity index (χ3v) is 2.87. The van der Waals surface area contributed by atoms with Crippen LogP contribution in [0.4, 0.5) is 0 Å². The summed E-state index contributed by atoms with van der Waals surface area (Å²) in [6.07, 6.45) is 0. The van der Waals surface area contributed by atoms with Crippen LogP contribution in [0.25, 0.3) is 0 Å². The Hall–Kier alpha value is -1.36. The quantitative estimate of drug-likeness (QED) is 0.814. The summed E-state index contributed by atoms with van der Waals surface area (Å²) in [5.74, 6) is 0.469. The van der Waals surface area contributed by atoms with Crippen LogP contribution in [0.15, 0.2) is 4.52 Å². The van der Waals surface area contributed by atoms with Crippen LogP contribution >= 0.6 is 0 Å². The lowest BCUT2D eigenvalue weighted by Crippen LogP contribution is -2.35. The highest BCUT2D eigenvalue weighted by Gasteiger charge is 2.16. The van der Waals surface area contributed by atoms with E-state index >= 15 is 0 Å². The van der Waals surface area contributed by atoms with Gasteiger partial charge in [-0.25, -0.2) is 0 Å². The second kappa shape index (κ2) is 6.39. The van der Waals surface area contributed by atoms with Gasteiger partial charge in [-0.3, -0.25) is 4.79 Å². The SMILES string of the molecule is CCN(CC)CCNC(=O)c1c(C)noc1C. The molecule has 0 saturated heterocycles. The molecular weight excluding hydrogens is 218 g/mol. The maximum atomic E-state index is 11.9. The van der Waals surface area contributed by atoms with E-state index in [1.54, 1.807) is 13.8 Å². The van der Waals surface area contributed by atoms with Crippen LogP contribution < -0.4 is 5.32 Å². The molecule has 96 valence electrons. The van der Waals surface area contributed by atoms with Gasteiger partial charge in [0.15, 0.2) is 0 Å². The van der Waals surface area contributed by atoms with Gasteiger partial charge in [0.1, 0.15) is 11.3 Å². The third kappa shape index (κ3) is 3.56. The van der Waals surface area contributed by atoms with Gasteiger partial charge in [0.05, 0.1) is 5.69 Å². The van der Waals surface area contributed by atoms with E-state index in [1.165, 1.54) is 0 Å². The Morgan fingerprint density at radius 1 is 1.35 bits per heavy atom. The fourth-order valence-electron chi connectivity index (χ4n) is 1.76. The average Bonchev–Trinajstić information content (AvgIpc) is 2.64. The number of hydrogen-bond acceptors (Lipinski definition) is 4. The number of likely N-dealkylation sites (N-methyl/N-ethyl adjacent to an activating group) is 1. The van der Waals surface area contributed by atoms with Crippen LogP contribution in [0, 0.1) is 13.8 Å². The van der Waals surface area contributed by atoms with Gasteiger partial charge in [0.2, 0.25) is 0 Å². The molecule has 1 aromatic rings. The minimum absolute atomic E-state index is 0.103. The molecule has 0 aliphatic heterocycles. The molecule has 0 saturated carbocycles. The second-order valence-electron chi connectivity index (χ2n) is 3.98. The number of nitrogens with zero attached hydrogens (tertiary/aromatic N) is 2. The molecule has 1 rings (SSSR count). The maximum Gasteiger partial charge on any atom is 0.256 e. The highest BCUT2D eigenvalue weighted by atomic mass is 16.5. The number of nitrogens with one attached hydrogen (secondary N) is 1. The molecular formula is C12H21N3O2. The molecule has 5 heteroatoms. The molecule has 17 heavy (non-hydrogen) atoms. The number of rotatable bonds is 6. The largest absolute Gasteiger partial charge is 0.361 e. The van der Waals surface area contributed by atoms with Gasteiger partial charge in [-0.15, -0.1) is 0 Å². The lowest BCUT2D eigenvalue weighted by molar-refractivity contribution is 0.0947. The number of carbonyl (C=O) groups excluding carboxylic acids is 1. The van der Waals surface area contributed by atoms with Crippen molar-refractivity contribution >= 4 is 5.91 Å². The van der Waals surface area contributed by atoms with Gasteiger partial charge in [-0.05, 0) is 26.9 Å². The molecule has 5 nitrogen and oxygen atoms in total. The maximum absolute atomic E-state index is 11.9. The number of amides is 1. The predicted octanol–water partition coefficient (Wildman–Crippen LogP) is 1.36. The van der Waals surface area contributed by atoms with E-state index in [-0.39, 0.29) is 5.91 Å². The molecule has 0 unspecified atom stereocenters. The summed E-state index contributed by atoms with van der Waals surface area (Å²) in [4.78, 5) is 14.1. The molecule has 1 heterocycles. The minimum atomic E-state index is -0.103. The number of aryl methyl sites for hydroxylation is 2. The highest BCUT2D eigenvalue weighted by Crippen LogP contribution is 2.11. The van der Waals surface area contributed by atoms with E-state index in [0.29, 0.717) is 23.6 Å². The van der Waals surface area contributed by atoms with Crippen molar-refractivity contribution in [3.63, 3.8) is 0 Å². The molecule has 0 aliphatic rings. The van der Waals surface area contributed by atoms with Crippen molar-refractivity contribution < 1.29 is 9.32 Å². The zero-order chi connectivity index (χ0) is 12.8. The molecule has 0 bridgehead atoms. The Bertz CT molecular complexity index is 350. The normalized spacial score (nSPS) is 10.9. The lowest BCUT2D eigenvalue weighted by Gasteiger charge is -2.17. The van der Waals surface area contributed by atoms with Crippen molar-refractivity contribution in [2.75, 3.05) is 26.2 Å². The molecule has 1 amide bonds. The Morgan fingerprint density at radius 2 is 2.00 bits per heavy atom. The number of aromatic nitrogens is 1. The van der Waals surface area contributed by atoms with Crippen molar-refractivity contribution in [2.45, 2.75) is 27.7 Å². The number of hydrogen-bond donors (Lipinski definition) is 1. The van der Waals surface area contributed by atoms with Gasteiger partial charge in [-0.2, -0.15) is 0 Å². The first-order valence-electron chi connectivity index (χ1n) is 6.03. The molecule has 0 radical (unpaired) electrons. The molecule has 1 N–H and O–H groups in total. The molecule has 0 aromatic carbocycles. The first-order valence-corrected chi connectivity index (χ1v) is 6.03. The van der Waals surface area contributed by atoms with Gasteiger partial charge < -0.3 is 14.7 Å². The summed E-state index contributed by atoms with van der Waals surface area (Å²) in [5.41, 5.74) is 1.20. The van der Waals surface area contributed by atoms with Gasteiger partial charge >= 0.3 is 0 Å². The first-order chi connectivity index (χ1) is 8.10. The van der Waals surface area contributed by atoms with E-state index in [9.17, 15) is 4.79 Å². The van der Waals surface area contributed by atoms with Gasteiger partial charge in [-0.1, -0.05) is 19.0 Å². The van der Waals surface area contributed by atoms with Crippen molar-refractivity contribution in [3.05, 3.63) is 17.0 Å². The topological polar surface area (TPSA) is 58.4 Å². The Balaban J connectivity index is 2.45. The first kappa shape index (κ1) is 13.7. The van der Waals surface area contributed by atoms with Crippen molar-refractivity contribution in [2.24, 2.45) is 0 Å². The van der Waals surface area contributed by atoms with Crippen molar-refractivity contribution in [1.29, 1.82) is 0 Å². The van der Waals surface area contributed by atoms with Gasteiger partial charge in [0, 0.05) is 13.1 Å². The Morgan fingerprint density at radius 3 is 2.47 bits per heavy atom. The second-order valence-corrected chi connectivity index (χ2v) is 3.98. The fraction of sp³-hybridized carbons (Fsp3) is 0.667. The van der Waals surface area contributed by atoms with Crippen LogP contribution in [-0.4, -0.2) is 42.1 Å². The zero-order valence-electron chi connectivity index (χ0n) is 11.0. The number of carbonyl (C=O) groups is 1. The van der Waals surface area contributed by atoms with Gasteiger partial charge in [0.25, 0.3) is 5.91 Å². The monoisotopic (exact) mass is 239 g/mol. The van der Waals surface area contributed by atoms with Crippen LogP contribution in [0.5, 0.6) is 0 Å². The van der Waals surface area contributed by atoms with Crippen LogP contribution in [-0.2, 0) is 0 Å². The Kier molecular flexibility index (Phi) is 5.15. The fourth-order valence-corrected chi connectivity index (χ4v) is 1.76. The van der Waals surface area contributed by atoms with Crippen LogP contribution in [0.1, 0.15) is 35.7 Å². The van der Waals surface area contributed by atoms with Crippen molar-refractivity contribution in [3.8, 4) is 0 Å². The Labute approximate surface area is 102 Å². The predicted molar refractivity (Wildman–Crippen MR) is 66.1 cm³/mol. The lowest BCUT2D eigenvalue weighted by atomic mass is 10.2.